The van der Waals surface area contributed by atoms with Crippen LogP contribution in [-0.4, -0.2) is 15.8 Å². The molecule has 3 rings (SSSR count). The van der Waals surface area contributed by atoms with Gasteiger partial charge in [0.15, 0.2) is 6.29 Å². The van der Waals surface area contributed by atoms with E-state index in [1.165, 1.54) is 0 Å². The van der Waals surface area contributed by atoms with Gasteiger partial charge in [0.2, 0.25) is 0 Å². The number of rotatable bonds is 4. The Labute approximate surface area is 121 Å². The molecule has 0 N–H and O–H groups in total. The SMILES string of the molecule is O=Cc1cn(CCc2ccccn2)c2cc(Cl)ccc12. The van der Waals surface area contributed by atoms with Gasteiger partial charge in [0.1, 0.15) is 0 Å². The molecule has 0 aliphatic carbocycles. The van der Waals surface area contributed by atoms with Gasteiger partial charge in [-0.05, 0) is 24.3 Å². The number of halogens is 1. The fourth-order valence-corrected chi connectivity index (χ4v) is 2.52. The predicted molar refractivity (Wildman–Crippen MR) is 80.3 cm³/mol. The van der Waals surface area contributed by atoms with Crippen molar-refractivity contribution >= 4 is 28.8 Å². The predicted octanol–water partition coefficient (Wildman–Crippen LogP) is 3.74. The highest BCUT2D eigenvalue weighted by Crippen LogP contribution is 2.24. The maximum absolute atomic E-state index is 11.1. The molecular formula is C16H13ClN2O. The molecule has 2 heterocycles. The Balaban J connectivity index is 1.95. The minimum Gasteiger partial charge on any atom is -0.346 e. The zero-order valence-electron chi connectivity index (χ0n) is 10.8. The summed E-state index contributed by atoms with van der Waals surface area (Å²) in [4.78, 5) is 15.4. The maximum Gasteiger partial charge on any atom is 0.152 e. The zero-order valence-corrected chi connectivity index (χ0v) is 11.5. The van der Waals surface area contributed by atoms with Crippen LogP contribution in [0, 0.1) is 0 Å². The second kappa shape index (κ2) is 5.47. The van der Waals surface area contributed by atoms with Gasteiger partial charge in [0, 0.05) is 47.0 Å². The number of nitrogens with zero attached hydrogens (tertiary/aromatic N) is 2. The fourth-order valence-electron chi connectivity index (χ4n) is 2.35. The molecule has 20 heavy (non-hydrogen) atoms. The molecule has 2 aromatic heterocycles. The molecule has 3 aromatic rings. The minimum absolute atomic E-state index is 0.673. The lowest BCUT2D eigenvalue weighted by Crippen LogP contribution is -2.01. The van der Waals surface area contributed by atoms with Crippen molar-refractivity contribution in [2.75, 3.05) is 0 Å². The molecule has 0 radical (unpaired) electrons. The molecule has 0 bridgehead atoms. The number of benzene rings is 1. The van der Waals surface area contributed by atoms with E-state index in [9.17, 15) is 4.79 Å². The lowest BCUT2D eigenvalue weighted by molar-refractivity contribution is 0.112. The van der Waals surface area contributed by atoms with Crippen molar-refractivity contribution < 1.29 is 4.79 Å². The van der Waals surface area contributed by atoms with Crippen LogP contribution < -0.4 is 0 Å². The first-order valence-corrected chi connectivity index (χ1v) is 6.79. The highest BCUT2D eigenvalue weighted by Gasteiger charge is 2.08. The second-order valence-corrected chi connectivity index (χ2v) is 5.06. The summed E-state index contributed by atoms with van der Waals surface area (Å²) < 4.78 is 2.06. The van der Waals surface area contributed by atoms with Crippen molar-refractivity contribution in [3.05, 3.63) is 65.1 Å². The molecular weight excluding hydrogens is 272 g/mol. The van der Waals surface area contributed by atoms with Gasteiger partial charge in [-0.1, -0.05) is 23.7 Å². The smallest absolute Gasteiger partial charge is 0.152 e. The third-order valence-electron chi connectivity index (χ3n) is 3.34. The molecule has 0 aliphatic rings. The van der Waals surface area contributed by atoms with Gasteiger partial charge in [-0.25, -0.2) is 0 Å². The van der Waals surface area contributed by atoms with Crippen molar-refractivity contribution in [1.29, 1.82) is 0 Å². The molecule has 0 saturated heterocycles. The largest absolute Gasteiger partial charge is 0.346 e. The highest BCUT2D eigenvalue weighted by atomic mass is 35.5. The minimum atomic E-state index is 0.673. The van der Waals surface area contributed by atoms with E-state index in [0.29, 0.717) is 10.6 Å². The van der Waals surface area contributed by atoms with E-state index in [1.807, 2.05) is 36.5 Å². The molecule has 0 saturated carbocycles. The van der Waals surface area contributed by atoms with E-state index < -0.39 is 0 Å². The van der Waals surface area contributed by atoms with Crippen LogP contribution in [-0.2, 0) is 13.0 Å². The first kappa shape index (κ1) is 12.9. The van der Waals surface area contributed by atoms with Crippen LogP contribution >= 0.6 is 11.6 Å². The van der Waals surface area contributed by atoms with Crippen molar-refractivity contribution in [1.82, 2.24) is 9.55 Å². The number of aldehydes is 1. The van der Waals surface area contributed by atoms with Gasteiger partial charge >= 0.3 is 0 Å². The summed E-state index contributed by atoms with van der Waals surface area (Å²) in [5.74, 6) is 0. The van der Waals surface area contributed by atoms with E-state index in [0.717, 1.165) is 35.8 Å². The Morgan fingerprint density at radius 1 is 1.25 bits per heavy atom. The Morgan fingerprint density at radius 3 is 2.90 bits per heavy atom. The van der Waals surface area contributed by atoms with Crippen LogP contribution in [0.5, 0.6) is 0 Å². The first-order chi connectivity index (χ1) is 9.78. The molecule has 0 atom stereocenters. The van der Waals surface area contributed by atoms with E-state index in [2.05, 4.69) is 9.55 Å². The summed E-state index contributed by atoms with van der Waals surface area (Å²) in [5, 5.41) is 1.61. The summed E-state index contributed by atoms with van der Waals surface area (Å²) in [7, 11) is 0. The summed E-state index contributed by atoms with van der Waals surface area (Å²) in [6.45, 7) is 0.766. The Kier molecular flexibility index (Phi) is 3.52. The fraction of sp³-hybridized carbons (Fsp3) is 0.125. The van der Waals surface area contributed by atoms with Crippen molar-refractivity contribution in [2.24, 2.45) is 0 Å². The number of carbonyl (C=O) groups is 1. The topological polar surface area (TPSA) is 34.9 Å². The lowest BCUT2D eigenvalue weighted by atomic mass is 10.2. The number of pyridine rings is 1. The normalized spacial score (nSPS) is 10.8. The summed E-state index contributed by atoms with van der Waals surface area (Å²) in [6.07, 6.45) is 5.36. The molecule has 4 heteroatoms. The van der Waals surface area contributed by atoms with Crippen molar-refractivity contribution in [2.45, 2.75) is 13.0 Å². The summed E-state index contributed by atoms with van der Waals surface area (Å²) in [5.41, 5.74) is 2.71. The lowest BCUT2D eigenvalue weighted by Gasteiger charge is -2.05. The van der Waals surface area contributed by atoms with Crippen molar-refractivity contribution in [3.8, 4) is 0 Å². The van der Waals surface area contributed by atoms with Crippen LogP contribution in [0.25, 0.3) is 10.9 Å². The van der Waals surface area contributed by atoms with Gasteiger partial charge in [-0.15, -0.1) is 0 Å². The highest BCUT2D eigenvalue weighted by molar-refractivity contribution is 6.31. The van der Waals surface area contributed by atoms with E-state index >= 15 is 0 Å². The number of hydrogen-bond acceptors (Lipinski definition) is 2. The average Bonchev–Trinajstić information content (AvgIpc) is 2.83. The summed E-state index contributed by atoms with van der Waals surface area (Å²) >= 11 is 6.05. The van der Waals surface area contributed by atoms with Gasteiger partial charge in [-0.3, -0.25) is 9.78 Å². The van der Waals surface area contributed by atoms with Gasteiger partial charge < -0.3 is 4.57 Å². The van der Waals surface area contributed by atoms with Gasteiger partial charge in [0.25, 0.3) is 0 Å². The van der Waals surface area contributed by atoms with Crippen molar-refractivity contribution in [3.63, 3.8) is 0 Å². The van der Waals surface area contributed by atoms with Crippen LogP contribution in [0.1, 0.15) is 16.1 Å². The molecule has 0 spiro atoms. The molecule has 3 nitrogen and oxygen atoms in total. The third-order valence-corrected chi connectivity index (χ3v) is 3.57. The van der Waals surface area contributed by atoms with Crippen LogP contribution in [0.2, 0.25) is 5.02 Å². The average molecular weight is 285 g/mol. The molecule has 0 amide bonds. The first-order valence-electron chi connectivity index (χ1n) is 6.41. The third kappa shape index (κ3) is 2.45. The summed E-state index contributed by atoms with van der Waals surface area (Å²) in [6, 6.07) is 11.5. The Hall–Kier alpha value is -2.13. The zero-order chi connectivity index (χ0) is 13.9. The number of fused-ring (bicyclic) bond motifs is 1. The standard InChI is InChI=1S/C16H13ClN2O/c17-13-4-5-15-12(11-20)10-19(16(15)9-13)8-6-14-3-1-2-7-18-14/h1-5,7,9-11H,6,8H2. The van der Waals surface area contributed by atoms with Gasteiger partial charge in [-0.2, -0.15) is 0 Å². The van der Waals surface area contributed by atoms with E-state index in [1.54, 1.807) is 12.3 Å². The number of aromatic nitrogens is 2. The number of hydrogen-bond donors (Lipinski definition) is 0. The monoisotopic (exact) mass is 284 g/mol. The van der Waals surface area contributed by atoms with E-state index in [-0.39, 0.29) is 0 Å². The van der Waals surface area contributed by atoms with Crippen LogP contribution in [0.3, 0.4) is 0 Å². The van der Waals surface area contributed by atoms with E-state index in [4.69, 9.17) is 11.6 Å². The molecule has 0 fully saturated rings. The Bertz CT molecular complexity index is 750. The van der Waals surface area contributed by atoms with Crippen LogP contribution in [0.15, 0.2) is 48.8 Å². The number of carbonyl (C=O) groups excluding carboxylic acids is 1. The second-order valence-electron chi connectivity index (χ2n) is 4.63. The quantitative estimate of drug-likeness (QED) is 0.684. The van der Waals surface area contributed by atoms with Crippen LogP contribution in [0.4, 0.5) is 0 Å². The Morgan fingerprint density at radius 2 is 2.15 bits per heavy atom. The van der Waals surface area contributed by atoms with Gasteiger partial charge in [0.05, 0.1) is 5.52 Å². The molecule has 100 valence electrons. The molecule has 1 aromatic carbocycles. The number of aryl methyl sites for hydroxylation is 2. The maximum atomic E-state index is 11.1. The molecule has 0 aliphatic heterocycles. The molecule has 0 unspecified atom stereocenters.